The van der Waals surface area contributed by atoms with Crippen LogP contribution in [0.2, 0.25) is 0 Å². The van der Waals surface area contributed by atoms with E-state index >= 15 is 4.39 Å². The number of carboxylic acids is 1. The van der Waals surface area contributed by atoms with Crippen LogP contribution in [0, 0.1) is 11.8 Å². The molecule has 0 saturated carbocycles. The third-order valence-corrected chi connectivity index (χ3v) is 6.93. The van der Waals surface area contributed by atoms with Gasteiger partial charge in [-0.2, -0.15) is 0 Å². The van der Waals surface area contributed by atoms with E-state index < -0.39 is 18.1 Å². The lowest BCUT2D eigenvalue weighted by Crippen LogP contribution is -2.44. The molecule has 0 bridgehead atoms. The molecule has 3 heterocycles. The maximum Gasteiger partial charge on any atom is 0.308 e. The van der Waals surface area contributed by atoms with E-state index in [1.54, 1.807) is 25.6 Å². The predicted molar refractivity (Wildman–Crippen MR) is 130 cm³/mol. The number of aliphatic carboxylic acids is 1. The molecule has 1 aromatic carbocycles. The number of pyridine rings is 2. The summed E-state index contributed by atoms with van der Waals surface area (Å²) >= 11 is 0. The fourth-order valence-electron chi connectivity index (χ4n) is 5.01. The highest BCUT2D eigenvalue weighted by Crippen LogP contribution is 2.35. The van der Waals surface area contributed by atoms with E-state index in [1.165, 1.54) is 5.56 Å². The largest absolute Gasteiger partial charge is 0.497 e. The highest BCUT2D eigenvalue weighted by atomic mass is 19.1. The Morgan fingerprint density at radius 2 is 2.18 bits per heavy atom. The first-order valence-electron chi connectivity index (χ1n) is 12.0. The molecule has 0 spiro atoms. The summed E-state index contributed by atoms with van der Waals surface area (Å²) in [4.78, 5) is 22.7. The summed E-state index contributed by atoms with van der Waals surface area (Å²) < 4.78 is 20.6. The molecule has 6 nitrogen and oxygen atoms in total. The number of aromatic nitrogens is 2. The number of ether oxygens (including phenoxy) is 1. The lowest BCUT2D eigenvalue weighted by Gasteiger charge is -2.37. The predicted octanol–water partition coefficient (Wildman–Crippen LogP) is 5.08. The van der Waals surface area contributed by atoms with Gasteiger partial charge in [-0.05, 0) is 92.6 Å². The van der Waals surface area contributed by atoms with Gasteiger partial charge in [-0.3, -0.25) is 14.8 Å². The Bertz CT molecular complexity index is 1090. The number of rotatable bonds is 10. The minimum Gasteiger partial charge on any atom is -0.497 e. The van der Waals surface area contributed by atoms with Crippen LogP contribution in [0.25, 0.3) is 10.9 Å². The van der Waals surface area contributed by atoms with Gasteiger partial charge >= 0.3 is 5.97 Å². The molecule has 2 aromatic heterocycles. The summed E-state index contributed by atoms with van der Waals surface area (Å²) in [5, 5.41) is 10.6. The number of halogens is 1. The van der Waals surface area contributed by atoms with Crippen LogP contribution in [-0.4, -0.2) is 52.7 Å². The van der Waals surface area contributed by atoms with Gasteiger partial charge in [0, 0.05) is 30.5 Å². The summed E-state index contributed by atoms with van der Waals surface area (Å²) in [6.07, 6.45) is 7.62. The molecule has 0 radical (unpaired) electrons. The van der Waals surface area contributed by atoms with E-state index in [9.17, 15) is 9.90 Å². The summed E-state index contributed by atoms with van der Waals surface area (Å²) in [5.74, 6) is -0.603. The van der Waals surface area contributed by atoms with Crippen molar-refractivity contribution in [1.29, 1.82) is 0 Å². The van der Waals surface area contributed by atoms with Crippen molar-refractivity contribution in [3.63, 3.8) is 0 Å². The fraction of sp³-hybridized carbons (Fsp3) is 0.444. The molecule has 3 atom stereocenters. The lowest BCUT2D eigenvalue weighted by molar-refractivity contribution is -0.146. The van der Waals surface area contributed by atoms with Crippen molar-refractivity contribution in [2.45, 2.75) is 38.3 Å². The Morgan fingerprint density at radius 3 is 2.94 bits per heavy atom. The van der Waals surface area contributed by atoms with Crippen molar-refractivity contribution in [2.24, 2.45) is 11.8 Å². The van der Waals surface area contributed by atoms with E-state index in [1.807, 2.05) is 30.5 Å². The Kier molecular flexibility index (Phi) is 8.06. The SMILES string of the molecule is COc1ccc2nccc([C@H](F)CC[C@@H]3CCN(CCCc4cccnc4)C[C@@H]3C(=O)O)c2c1. The number of benzene rings is 1. The van der Waals surface area contributed by atoms with Crippen LogP contribution in [-0.2, 0) is 11.2 Å². The molecular formula is C27H32FN3O3. The van der Waals surface area contributed by atoms with Gasteiger partial charge in [-0.15, -0.1) is 0 Å². The molecule has 1 saturated heterocycles. The van der Waals surface area contributed by atoms with Crippen LogP contribution in [0.5, 0.6) is 5.75 Å². The highest BCUT2D eigenvalue weighted by molar-refractivity contribution is 5.83. The zero-order chi connectivity index (χ0) is 23.9. The zero-order valence-electron chi connectivity index (χ0n) is 19.6. The first-order valence-corrected chi connectivity index (χ1v) is 12.0. The van der Waals surface area contributed by atoms with E-state index in [2.05, 4.69) is 20.9 Å². The van der Waals surface area contributed by atoms with Gasteiger partial charge in [-0.1, -0.05) is 6.07 Å². The smallest absolute Gasteiger partial charge is 0.308 e. The topological polar surface area (TPSA) is 75.5 Å². The minimum atomic E-state index is -1.18. The number of aryl methyl sites for hydroxylation is 1. The third kappa shape index (κ3) is 5.89. The molecule has 4 rings (SSSR count). The molecular weight excluding hydrogens is 433 g/mol. The number of piperidine rings is 1. The summed E-state index contributed by atoms with van der Waals surface area (Å²) in [6, 6.07) is 11.2. The minimum absolute atomic E-state index is 0.0204. The molecule has 34 heavy (non-hydrogen) atoms. The average molecular weight is 466 g/mol. The summed E-state index contributed by atoms with van der Waals surface area (Å²) in [5.41, 5.74) is 2.51. The van der Waals surface area contributed by atoms with Crippen molar-refractivity contribution >= 4 is 16.9 Å². The molecule has 0 aliphatic carbocycles. The van der Waals surface area contributed by atoms with Crippen LogP contribution in [0.1, 0.15) is 43.0 Å². The first kappa shape index (κ1) is 24.1. The van der Waals surface area contributed by atoms with Crippen LogP contribution in [0.4, 0.5) is 4.39 Å². The van der Waals surface area contributed by atoms with Crippen molar-refractivity contribution in [2.75, 3.05) is 26.7 Å². The first-order chi connectivity index (χ1) is 16.5. The number of hydrogen-bond acceptors (Lipinski definition) is 5. The van der Waals surface area contributed by atoms with Gasteiger partial charge in [0.2, 0.25) is 0 Å². The normalized spacial score (nSPS) is 19.7. The van der Waals surface area contributed by atoms with Gasteiger partial charge in [0.15, 0.2) is 0 Å². The van der Waals surface area contributed by atoms with Crippen LogP contribution < -0.4 is 4.74 Å². The van der Waals surface area contributed by atoms with Crippen LogP contribution >= 0.6 is 0 Å². The molecule has 1 aliphatic heterocycles. The van der Waals surface area contributed by atoms with Crippen LogP contribution in [0.3, 0.4) is 0 Å². The van der Waals surface area contributed by atoms with Crippen molar-refractivity contribution in [3.8, 4) is 5.75 Å². The van der Waals surface area contributed by atoms with Gasteiger partial charge in [-0.25, -0.2) is 4.39 Å². The fourth-order valence-corrected chi connectivity index (χ4v) is 5.01. The molecule has 180 valence electrons. The van der Waals surface area contributed by atoms with Gasteiger partial charge in [0.25, 0.3) is 0 Å². The quantitative estimate of drug-likeness (QED) is 0.450. The molecule has 1 aliphatic rings. The van der Waals surface area contributed by atoms with Gasteiger partial charge in [0.05, 0.1) is 18.5 Å². The van der Waals surface area contributed by atoms with Gasteiger partial charge < -0.3 is 14.7 Å². The van der Waals surface area contributed by atoms with E-state index in [-0.39, 0.29) is 5.92 Å². The maximum absolute atomic E-state index is 15.4. The monoisotopic (exact) mass is 465 g/mol. The number of alkyl halides is 1. The molecule has 0 unspecified atom stereocenters. The van der Waals surface area contributed by atoms with E-state index in [0.717, 1.165) is 43.3 Å². The average Bonchev–Trinajstić information content (AvgIpc) is 2.87. The Morgan fingerprint density at radius 1 is 1.29 bits per heavy atom. The number of methoxy groups -OCH3 is 1. The number of carboxylic acid groups (broad SMARTS) is 1. The van der Waals surface area contributed by atoms with Crippen molar-refractivity contribution in [3.05, 3.63) is 66.1 Å². The Balaban J connectivity index is 1.34. The van der Waals surface area contributed by atoms with Gasteiger partial charge in [0.1, 0.15) is 11.9 Å². The third-order valence-electron chi connectivity index (χ3n) is 6.93. The van der Waals surface area contributed by atoms with E-state index in [0.29, 0.717) is 30.7 Å². The number of fused-ring (bicyclic) bond motifs is 1. The molecule has 7 heteroatoms. The van der Waals surface area contributed by atoms with Crippen LogP contribution in [0.15, 0.2) is 55.0 Å². The number of hydrogen-bond donors (Lipinski definition) is 1. The highest BCUT2D eigenvalue weighted by Gasteiger charge is 2.34. The number of carbonyl (C=O) groups is 1. The molecule has 1 N–H and O–H groups in total. The van der Waals surface area contributed by atoms with E-state index in [4.69, 9.17) is 4.74 Å². The second kappa shape index (κ2) is 11.4. The standard InChI is InChI=1S/C27H32FN3O3/c1-34-21-7-9-26-23(16-21)22(10-13-30-26)25(28)8-6-20-11-15-31(18-24(20)27(32)33)14-3-5-19-4-2-12-29-17-19/h2,4,7,9-10,12-13,16-17,20,24-25H,3,5-6,8,11,14-15,18H2,1H3,(H,32,33)/t20-,24+,25-/m1/s1. The molecule has 1 fully saturated rings. The number of nitrogens with zero attached hydrogens (tertiary/aromatic N) is 3. The Hall–Kier alpha value is -3.06. The maximum atomic E-state index is 15.4. The summed E-state index contributed by atoms with van der Waals surface area (Å²) in [7, 11) is 1.58. The second-order valence-electron chi connectivity index (χ2n) is 9.09. The Labute approximate surface area is 199 Å². The zero-order valence-corrected chi connectivity index (χ0v) is 19.6. The lowest BCUT2D eigenvalue weighted by atomic mass is 9.81. The van der Waals surface area contributed by atoms with Crippen molar-refractivity contribution < 1.29 is 19.0 Å². The summed E-state index contributed by atoms with van der Waals surface area (Å²) in [6.45, 7) is 2.25. The molecule has 3 aromatic rings. The number of likely N-dealkylation sites (tertiary alicyclic amines) is 1. The van der Waals surface area contributed by atoms with Crippen molar-refractivity contribution in [1.82, 2.24) is 14.9 Å². The second-order valence-corrected chi connectivity index (χ2v) is 9.09. The molecule has 0 amide bonds.